The average molecular weight is 388 g/mol. The summed E-state index contributed by atoms with van der Waals surface area (Å²) in [6, 6.07) is 6.61. The topological polar surface area (TPSA) is 93.8 Å². The highest BCUT2D eigenvalue weighted by atomic mass is 35.5. The monoisotopic (exact) mass is 387 g/mol. The van der Waals surface area contributed by atoms with Crippen LogP contribution in [-0.4, -0.2) is 38.9 Å². The van der Waals surface area contributed by atoms with Crippen LogP contribution in [0.25, 0.3) is 0 Å². The average Bonchev–Trinajstić information content (AvgIpc) is 3.10. The van der Waals surface area contributed by atoms with Gasteiger partial charge in [-0.2, -0.15) is 4.39 Å². The number of rotatable bonds is 3. The molecule has 3 rings (SSSR count). The lowest BCUT2D eigenvalue weighted by molar-refractivity contribution is -0.124. The van der Waals surface area contributed by atoms with Gasteiger partial charge in [0.25, 0.3) is 0 Å². The maximum Gasteiger partial charge on any atom is 0.228 e. The molecule has 1 aliphatic rings. The molecule has 1 fully saturated rings. The number of likely N-dealkylation sites (tertiary alicyclic amines) is 1. The Bertz CT molecular complexity index is 870. The largest absolute Gasteiger partial charge is 0.300 e. The molecule has 0 spiro atoms. The Morgan fingerprint density at radius 1 is 1.22 bits per heavy atom. The molecule has 0 radical (unpaired) electrons. The van der Waals surface area contributed by atoms with Crippen molar-refractivity contribution in [2.45, 2.75) is 19.8 Å². The molecule has 0 aromatic carbocycles. The van der Waals surface area contributed by atoms with Gasteiger partial charge >= 0.3 is 0 Å². The SMILES string of the molecule is Cc1ccc(Cl)nc1F.N=C(/C=C\C(=N)N1CCCC1=O)c1ccncc1. The van der Waals surface area contributed by atoms with E-state index in [-0.39, 0.29) is 16.9 Å². The first-order chi connectivity index (χ1) is 12.9. The molecular formula is C19H19ClFN5O. The summed E-state index contributed by atoms with van der Waals surface area (Å²) in [5.74, 6) is -0.362. The van der Waals surface area contributed by atoms with Gasteiger partial charge < -0.3 is 5.41 Å². The number of halogens is 2. The minimum Gasteiger partial charge on any atom is -0.300 e. The summed E-state index contributed by atoms with van der Waals surface area (Å²) >= 11 is 5.37. The number of hydrogen-bond acceptors (Lipinski definition) is 5. The van der Waals surface area contributed by atoms with Crippen LogP contribution in [0.2, 0.25) is 5.15 Å². The molecule has 0 unspecified atom stereocenters. The number of allylic oxidation sites excluding steroid dienone is 1. The fourth-order valence-electron chi connectivity index (χ4n) is 2.26. The molecule has 0 aliphatic carbocycles. The summed E-state index contributed by atoms with van der Waals surface area (Å²) in [6.07, 6.45) is 7.57. The number of carbonyl (C=O) groups excluding carboxylic acids is 1. The van der Waals surface area contributed by atoms with Crippen molar-refractivity contribution in [1.29, 1.82) is 10.8 Å². The second kappa shape index (κ2) is 9.68. The van der Waals surface area contributed by atoms with Crippen molar-refractivity contribution in [3.8, 4) is 0 Å². The van der Waals surface area contributed by atoms with Gasteiger partial charge in [0.1, 0.15) is 11.0 Å². The maximum atomic E-state index is 12.4. The molecule has 140 valence electrons. The Hall–Kier alpha value is -2.93. The molecule has 1 aliphatic heterocycles. The molecule has 0 atom stereocenters. The minimum absolute atomic E-state index is 0.0138. The van der Waals surface area contributed by atoms with Crippen molar-refractivity contribution >= 4 is 29.1 Å². The van der Waals surface area contributed by atoms with Crippen molar-refractivity contribution in [3.63, 3.8) is 0 Å². The van der Waals surface area contributed by atoms with Crippen molar-refractivity contribution in [1.82, 2.24) is 14.9 Å². The number of nitrogens with zero attached hydrogens (tertiary/aromatic N) is 3. The Kier molecular flexibility index (Phi) is 7.31. The first-order valence-corrected chi connectivity index (χ1v) is 8.61. The number of aryl methyl sites for hydroxylation is 1. The first-order valence-electron chi connectivity index (χ1n) is 8.23. The number of aromatic nitrogens is 2. The van der Waals surface area contributed by atoms with Crippen LogP contribution in [0.5, 0.6) is 0 Å². The van der Waals surface area contributed by atoms with Gasteiger partial charge in [-0.3, -0.25) is 20.1 Å². The zero-order chi connectivity index (χ0) is 19.8. The van der Waals surface area contributed by atoms with Crippen LogP contribution in [0, 0.1) is 23.7 Å². The molecule has 0 bridgehead atoms. The highest BCUT2D eigenvalue weighted by Crippen LogP contribution is 2.10. The Morgan fingerprint density at radius 3 is 2.48 bits per heavy atom. The predicted molar refractivity (Wildman–Crippen MR) is 103 cm³/mol. The standard InChI is InChI=1S/C13H14N4O.C6H5ClFN/c14-11(10-5-7-16-8-6-10)3-4-12(15)17-9-1-2-13(17)18;1-4-2-3-5(7)9-6(4)8/h3-8,14-15H,1-2,9H2;2-3H,1H3/b4-3-,14-11?,15-12?;. The van der Waals surface area contributed by atoms with E-state index in [1.165, 1.54) is 17.1 Å². The normalized spacial score (nSPS) is 13.4. The van der Waals surface area contributed by atoms with Crippen LogP contribution >= 0.6 is 11.6 Å². The highest BCUT2D eigenvalue weighted by Gasteiger charge is 2.22. The quantitative estimate of drug-likeness (QED) is 0.476. The van der Waals surface area contributed by atoms with E-state index in [9.17, 15) is 9.18 Å². The zero-order valence-electron chi connectivity index (χ0n) is 14.7. The van der Waals surface area contributed by atoms with E-state index in [0.717, 1.165) is 12.0 Å². The first kappa shape index (κ1) is 20.4. The molecule has 6 nitrogen and oxygen atoms in total. The molecule has 8 heteroatoms. The molecule has 1 amide bonds. The third kappa shape index (κ3) is 6.07. The fraction of sp³-hybridized carbons (Fsp3) is 0.211. The van der Waals surface area contributed by atoms with Crippen LogP contribution in [0.4, 0.5) is 4.39 Å². The lowest BCUT2D eigenvalue weighted by Gasteiger charge is -2.13. The third-order valence-electron chi connectivity index (χ3n) is 3.76. The van der Waals surface area contributed by atoms with E-state index in [2.05, 4.69) is 9.97 Å². The predicted octanol–water partition coefficient (Wildman–Crippen LogP) is 3.79. The molecule has 1 saturated heterocycles. The van der Waals surface area contributed by atoms with Gasteiger partial charge in [0, 0.05) is 36.5 Å². The second-order valence-electron chi connectivity index (χ2n) is 5.76. The number of nitrogens with one attached hydrogen (secondary N) is 2. The zero-order valence-corrected chi connectivity index (χ0v) is 15.5. The molecule has 2 aromatic rings. The van der Waals surface area contributed by atoms with Crippen molar-refractivity contribution in [2.24, 2.45) is 0 Å². The Morgan fingerprint density at radius 2 is 1.93 bits per heavy atom. The molecule has 27 heavy (non-hydrogen) atoms. The van der Waals surface area contributed by atoms with Gasteiger partial charge in [0.15, 0.2) is 0 Å². The van der Waals surface area contributed by atoms with Gasteiger partial charge in [0.05, 0.1) is 5.71 Å². The Balaban J connectivity index is 0.000000244. The fourth-order valence-corrected chi connectivity index (χ4v) is 2.40. The van der Waals surface area contributed by atoms with Crippen molar-refractivity contribution < 1.29 is 9.18 Å². The van der Waals surface area contributed by atoms with Crippen LogP contribution in [-0.2, 0) is 4.79 Å². The molecular weight excluding hydrogens is 369 g/mol. The van der Waals surface area contributed by atoms with E-state index in [0.29, 0.717) is 24.2 Å². The van der Waals surface area contributed by atoms with Crippen LogP contribution in [0.3, 0.4) is 0 Å². The summed E-state index contributed by atoms with van der Waals surface area (Å²) < 4.78 is 12.4. The van der Waals surface area contributed by atoms with Gasteiger partial charge in [-0.1, -0.05) is 17.7 Å². The molecule has 3 heterocycles. The van der Waals surface area contributed by atoms with Crippen molar-refractivity contribution in [2.75, 3.05) is 6.54 Å². The Labute approximate surface area is 161 Å². The number of amides is 1. The van der Waals surface area contributed by atoms with Gasteiger partial charge in [0.2, 0.25) is 11.9 Å². The van der Waals surface area contributed by atoms with Crippen molar-refractivity contribution in [3.05, 3.63) is 71.0 Å². The summed E-state index contributed by atoms with van der Waals surface area (Å²) in [5.41, 5.74) is 1.55. The number of carbonyl (C=O) groups is 1. The van der Waals surface area contributed by atoms with Gasteiger partial charge in [-0.05, 0) is 43.7 Å². The third-order valence-corrected chi connectivity index (χ3v) is 3.98. The van der Waals surface area contributed by atoms with E-state index in [1.807, 2.05) is 0 Å². The van der Waals surface area contributed by atoms with Gasteiger partial charge in [-0.25, -0.2) is 4.98 Å². The summed E-state index contributed by atoms with van der Waals surface area (Å²) in [7, 11) is 0. The number of hydrogen-bond donors (Lipinski definition) is 2. The minimum atomic E-state index is -0.498. The maximum absolute atomic E-state index is 12.4. The number of pyridine rings is 2. The van der Waals surface area contributed by atoms with E-state index in [1.54, 1.807) is 43.6 Å². The molecule has 0 saturated carbocycles. The van der Waals surface area contributed by atoms with E-state index < -0.39 is 5.95 Å². The van der Waals surface area contributed by atoms with Crippen LogP contribution in [0.15, 0.2) is 48.8 Å². The van der Waals surface area contributed by atoms with Crippen LogP contribution < -0.4 is 0 Å². The van der Waals surface area contributed by atoms with Gasteiger partial charge in [-0.15, -0.1) is 0 Å². The van der Waals surface area contributed by atoms with E-state index in [4.69, 9.17) is 22.4 Å². The van der Waals surface area contributed by atoms with Crippen LogP contribution in [0.1, 0.15) is 24.0 Å². The highest BCUT2D eigenvalue weighted by molar-refractivity contribution is 6.29. The second-order valence-corrected chi connectivity index (χ2v) is 6.15. The molecule has 2 N–H and O–H groups in total. The number of amidine groups is 1. The summed E-state index contributed by atoms with van der Waals surface area (Å²) in [5, 5.41) is 15.8. The summed E-state index contributed by atoms with van der Waals surface area (Å²) in [4.78, 5) is 20.1. The smallest absolute Gasteiger partial charge is 0.228 e. The molecule has 2 aromatic heterocycles. The lowest BCUT2D eigenvalue weighted by atomic mass is 10.1. The summed E-state index contributed by atoms with van der Waals surface area (Å²) in [6.45, 7) is 2.24. The lowest BCUT2D eigenvalue weighted by Crippen LogP contribution is -2.29. The van der Waals surface area contributed by atoms with E-state index >= 15 is 0 Å².